The van der Waals surface area contributed by atoms with Gasteiger partial charge in [-0.15, -0.1) is 0 Å². The molecule has 0 spiro atoms. The normalized spacial score (nSPS) is 26.8. The summed E-state index contributed by atoms with van der Waals surface area (Å²) in [7, 11) is 2.09. The highest BCUT2D eigenvalue weighted by Gasteiger charge is 2.43. The molecule has 4 aliphatic rings. The number of likely N-dealkylation sites (N-methyl/N-ethyl adjacent to an activating group) is 1. The van der Waals surface area contributed by atoms with Crippen LogP contribution in [0.3, 0.4) is 0 Å². The molecule has 6 rings (SSSR count). The molecule has 6 nitrogen and oxygen atoms in total. The Morgan fingerprint density at radius 2 is 1.55 bits per heavy atom. The number of nitrogens with zero attached hydrogens (tertiary/aromatic N) is 3. The molecule has 3 heterocycles. The van der Waals surface area contributed by atoms with Crippen LogP contribution < -0.4 is 5.32 Å². The largest absolute Gasteiger partial charge is 0.349 e. The van der Waals surface area contributed by atoms with Crippen molar-refractivity contribution in [2.45, 2.75) is 57.2 Å². The highest BCUT2D eigenvalue weighted by Crippen LogP contribution is 2.34. The highest BCUT2D eigenvalue weighted by atomic mass is 16.2. The number of likely N-dealkylation sites (tertiary alicyclic amines) is 2. The van der Waals surface area contributed by atoms with Gasteiger partial charge in [0.15, 0.2) is 0 Å². The van der Waals surface area contributed by atoms with Gasteiger partial charge in [-0.25, -0.2) is 0 Å². The molecule has 6 heteroatoms. The van der Waals surface area contributed by atoms with E-state index in [4.69, 9.17) is 0 Å². The molecule has 0 aromatic heterocycles. The number of hydrogen-bond donors (Lipinski definition) is 1. The minimum atomic E-state index is -0.0464. The molecule has 3 fully saturated rings. The van der Waals surface area contributed by atoms with Crippen LogP contribution in [-0.2, 0) is 22.6 Å². The summed E-state index contributed by atoms with van der Waals surface area (Å²) in [6.07, 6.45) is 6.15. The predicted octanol–water partition coefficient (Wildman–Crippen LogP) is 3.87. The zero-order valence-electron chi connectivity index (χ0n) is 22.7. The minimum absolute atomic E-state index is 0.0464. The summed E-state index contributed by atoms with van der Waals surface area (Å²) in [6, 6.07) is 19.0. The Labute approximate surface area is 227 Å². The molecule has 3 aliphatic heterocycles. The van der Waals surface area contributed by atoms with Crippen molar-refractivity contribution in [1.29, 1.82) is 0 Å². The Morgan fingerprint density at radius 3 is 2.26 bits per heavy atom. The monoisotopic (exact) mass is 514 g/mol. The predicted molar refractivity (Wildman–Crippen MR) is 149 cm³/mol. The van der Waals surface area contributed by atoms with Crippen LogP contribution in [0.4, 0.5) is 0 Å². The van der Waals surface area contributed by atoms with Gasteiger partial charge in [-0.2, -0.15) is 0 Å². The lowest BCUT2D eigenvalue weighted by atomic mass is 9.94. The zero-order valence-corrected chi connectivity index (χ0v) is 22.7. The maximum atomic E-state index is 13.5. The number of rotatable bonds is 7. The van der Waals surface area contributed by atoms with Crippen molar-refractivity contribution in [3.05, 3.63) is 71.3 Å². The van der Waals surface area contributed by atoms with Crippen molar-refractivity contribution in [3.63, 3.8) is 0 Å². The number of nitrogens with one attached hydrogen (secondary N) is 1. The van der Waals surface area contributed by atoms with Crippen molar-refractivity contribution in [2.24, 2.45) is 17.8 Å². The molecule has 2 saturated heterocycles. The van der Waals surface area contributed by atoms with Crippen molar-refractivity contribution in [1.82, 2.24) is 20.0 Å². The maximum Gasteiger partial charge on any atom is 0.240 e. The van der Waals surface area contributed by atoms with E-state index in [0.29, 0.717) is 17.7 Å². The fourth-order valence-corrected chi connectivity index (χ4v) is 7.39. The Hall–Kier alpha value is -2.70. The third kappa shape index (κ3) is 5.39. The van der Waals surface area contributed by atoms with Gasteiger partial charge in [-0.05, 0) is 61.3 Å². The molecule has 2 amide bonds. The molecule has 1 aliphatic carbocycles. The standard InChI is InChI=1S/C32H42N4O2/c1-34-18-26-14-8-7-13-25(26)17-30(34)32(38)36-21-27-19-35(20-28(27)22-36)16-15-29(23-9-3-2-4-10-23)33-31(37)24-11-5-6-12-24/h2-4,7-10,13-14,24,27-30H,5-6,11-12,15-22H2,1H3,(H,33,37)/t27?,28?,29-,30?/m0/s1. The quantitative estimate of drug-likeness (QED) is 0.610. The van der Waals surface area contributed by atoms with Crippen molar-refractivity contribution >= 4 is 11.8 Å². The Kier molecular flexibility index (Phi) is 7.53. The lowest BCUT2D eigenvalue weighted by Crippen LogP contribution is -2.50. The van der Waals surface area contributed by atoms with Gasteiger partial charge in [0.25, 0.3) is 0 Å². The van der Waals surface area contributed by atoms with Gasteiger partial charge in [0.1, 0.15) is 0 Å². The summed E-state index contributed by atoms with van der Waals surface area (Å²) in [5, 5.41) is 3.40. The third-order valence-electron chi connectivity index (χ3n) is 9.62. The summed E-state index contributed by atoms with van der Waals surface area (Å²) >= 11 is 0. The van der Waals surface area contributed by atoms with Crippen LogP contribution in [0.25, 0.3) is 0 Å². The first-order valence-electron chi connectivity index (χ1n) is 14.7. The summed E-state index contributed by atoms with van der Waals surface area (Å²) in [6.45, 7) is 5.69. The van der Waals surface area contributed by atoms with E-state index in [9.17, 15) is 9.59 Å². The lowest BCUT2D eigenvalue weighted by molar-refractivity contribution is -0.136. The van der Waals surface area contributed by atoms with E-state index in [0.717, 1.165) is 65.0 Å². The van der Waals surface area contributed by atoms with Crippen LogP contribution in [0, 0.1) is 17.8 Å². The number of carbonyl (C=O) groups excluding carboxylic acids is 2. The fourth-order valence-electron chi connectivity index (χ4n) is 7.39. The second kappa shape index (κ2) is 11.2. The molecule has 3 unspecified atom stereocenters. The van der Waals surface area contributed by atoms with Gasteiger partial charge in [0, 0.05) is 45.2 Å². The van der Waals surface area contributed by atoms with Crippen molar-refractivity contribution in [3.8, 4) is 0 Å². The molecule has 1 saturated carbocycles. The average molecular weight is 515 g/mol. The van der Waals surface area contributed by atoms with Crippen LogP contribution in [0.5, 0.6) is 0 Å². The topological polar surface area (TPSA) is 55.9 Å². The Morgan fingerprint density at radius 1 is 0.895 bits per heavy atom. The van der Waals surface area contributed by atoms with E-state index in [2.05, 4.69) is 75.6 Å². The van der Waals surface area contributed by atoms with Gasteiger partial charge >= 0.3 is 0 Å². The number of amides is 2. The third-order valence-corrected chi connectivity index (χ3v) is 9.62. The molecule has 38 heavy (non-hydrogen) atoms. The van der Waals surface area contributed by atoms with E-state index in [1.54, 1.807) is 0 Å². The van der Waals surface area contributed by atoms with Gasteiger partial charge in [-0.1, -0.05) is 67.4 Å². The molecule has 2 aromatic carbocycles. The number of fused-ring (bicyclic) bond motifs is 2. The Balaban J connectivity index is 1.02. The van der Waals surface area contributed by atoms with Crippen molar-refractivity contribution < 1.29 is 9.59 Å². The maximum absolute atomic E-state index is 13.5. The number of benzene rings is 2. The van der Waals surface area contributed by atoms with Gasteiger partial charge in [0.05, 0.1) is 12.1 Å². The molecular formula is C32H42N4O2. The minimum Gasteiger partial charge on any atom is -0.349 e. The first-order valence-corrected chi connectivity index (χ1v) is 14.7. The number of hydrogen-bond acceptors (Lipinski definition) is 4. The smallest absolute Gasteiger partial charge is 0.240 e. The summed E-state index contributed by atoms with van der Waals surface area (Å²) < 4.78 is 0. The van der Waals surface area contributed by atoms with E-state index in [-0.39, 0.29) is 23.9 Å². The van der Waals surface area contributed by atoms with E-state index >= 15 is 0 Å². The van der Waals surface area contributed by atoms with Crippen LogP contribution in [0.2, 0.25) is 0 Å². The van der Waals surface area contributed by atoms with Crippen LogP contribution in [0.1, 0.15) is 54.8 Å². The van der Waals surface area contributed by atoms with Gasteiger partial charge < -0.3 is 15.1 Å². The zero-order chi connectivity index (χ0) is 26.1. The second-order valence-corrected chi connectivity index (χ2v) is 12.2. The first-order chi connectivity index (χ1) is 18.5. The van der Waals surface area contributed by atoms with E-state index in [1.807, 2.05) is 6.07 Å². The highest BCUT2D eigenvalue weighted by molar-refractivity contribution is 5.83. The lowest BCUT2D eigenvalue weighted by Gasteiger charge is -2.35. The summed E-state index contributed by atoms with van der Waals surface area (Å²) in [5.41, 5.74) is 3.87. The van der Waals surface area contributed by atoms with E-state index < -0.39 is 0 Å². The fraction of sp³-hybridized carbons (Fsp3) is 0.562. The second-order valence-electron chi connectivity index (χ2n) is 12.2. The average Bonchev–Trinajstić information content (AvgIpc) is 3.68. The van der Waals surface area contributed by atoms with Gasteiger partial charge in [0.2, 0.25) is 11.8 Å². The van der Waals surface area contributed by atoms with E-state index in [1.165, 1.54) is 29.5 Å². The molecule has 0 bridgehead atoms. The van der Waals surface area contributed by atoms with Crippen LogP contribution in [0.15, 0.2) is 54.6 Å². The van der Waals surface area contributed by atoms with Crippen LogP contribution >= 0.6 is 0 Å². The SMILES string of the molecule is CN1Cc2ccccc2CC1C(=O)N1CC2CN(CC[C@H](NC(=O)C3CCCC3)c3ccccc3)CC2C1. The summed E-state index contributed by atoms with van der Waals surface area (Å²) in [5.74, 6) is 1.85. The first kappa shape index (κ1) is 25.6. The molecule has 4 atom stereocenters. The molecule has 0 radical (unpaired) electrons. The molecule has 1 N–H and O–H groups in total. The Bertz CT molecular complexity index is 1120. The van der Waals surface area contributed by atoms with Crippen molar-refractivity contribution in [2.75, 3.05) is 39.8 Å². The molecule has 202 valence electrons. The molecular weight excluding hydrogens is 472 g/mol. The summed E-state index contributed by atoms with van der Waals surface area (Å²) in [4.78, 5) is 33.4. The number of carbonyl (C=O) groups is 2. The molecule has 2 aromatic rings. The van der Waals surface area contributed by atoms with Gasteiger partial charge in [-0.3, -0.25) is 14.5 Å². The van der Waals surface area contributed by atoms with Crippen LogP contribution in [-0.4, -0.2) is 72.3 Å².